The average Bonchev–Trinajstić information content (AvgIpc) is 3.20. The largest absolute Gasteiger partial charge is 0.454 e. The molecule has 0 bridgehead atoms. The molecule has 1 saturated heterocycles. The molecule has 0 aromatic heterocycles. The molecular weight excluding hydrogens is 394 g/mol. The van der Waals surface area contributed by atoms with Gasteiger partial charge in [0, 0.05) is 44.5 Å². The fourth-order valence-electron chi connectivity index (χ4n) is 3.50. The lowest BCUT2D eigenvalue weighted by Gasteiger charge is -2.36. The summed E-state index contributed by atoms with van der Waals surface area (Å²) in [6, 6.07) is 13.2. The number of benzene rings is 2. The molecule has 1 fully saturated rings. The van der Waals surface area contributed by atoms with Gasteiger partial charge in [-0.3, -0.25) is 10.2 Å². The molecule has 2 aliphatic heterocycles. The predicted molar refractivity (Wildman–Crippen MR) is 112 cm³/mol. The fraction of sp³-hybridized carbons (Fsp3) is 0.381. The number of hydrogen-bond donors (Lipinski definition) is 1. The first-order valence-corrected chi connectivity index (χ1v) is 10.1. The van der Waals surface area contributed by atoms with Crippen molar-refractivity contribution in [1.29, 1.82) is 0 Å². The molecule has 29 heavy (non-hydrogen) atoms. The normalized spacial score (nSPS) is 16.0. The molecule has 1 N–H and O–H groups in total. The predicted octanol–water partition coefficient (Wildman–Crippen LogP) is 3.83. The van der Waals surface area contributed by atoms with E-state index in [0.29, 0.717) is 23.8 Å². The van der Waals surface area contributed by atoms with Crippen molar-refractivity contribution in [3.05, 3.63) is 47.5 Å². The zero-order valence-electron chi connectivity index (χ0n) is 16.1. The third-order valence-electron chi connectivity index (χ3n) is 5.04. The Hall–Kier alpha value is -2.64. The highest BCUT2D eigenvalue weighted by Gasteiger charge is 2.18. The van der Waals surface area contributed by atoms with Crippen molar-refractivity contribution in [2.75, 3.05) is 56.3 Å². The molecule has 2 aliphatic rings. The summed E-state index contributed by atoms with van der Waals surface area (Å²) in [5.41, 5.74) is 1.72. The first kappa shape index (κ1) is 19.7. The van der Waals surface area contributed by atoms with Crippen molar-refractivity contribution in [2.24, 2.45) is 0 Å². The summed E-state index contributed by atoms with van der Waals surface area (Å²) in [5.74, 6) is 1.30. The second-order valence-electron chi connectivity index (χ2n) is 6.96. The fourth-order valence-corrected chi connectivity index (χ4v) is 3.76. The van der Waals surface area contributed by atoms with E-state index in [0.717, 1.165) is 49.9 Å². The summed E-state index contributed by atoms with van der Waals surface area (Å²) >= 11 is 6.29. The van der Waals surface area contributed by atoms with Crippen molar-refractivity contribution in [3.63, 3.8) is 0 Å². The van der Waals surface area contributed by atoms with E-state index in [1.165, 1.54) is 0 Å². The smallest absolute Gasteiger partial charge is 0.411 e. The van der Waals surface area contributed by atoms with Crippen molar-refractivity contribution in [3.8, 4) is 11.5 Å². The van der Waals surface area contributed by atoms with Gasteiger partial charge in [0.1, 0.15) is 0 Å². The Bertz CT molecular complexity index is 856. The van der Waals surface area contributed by atoms with Crippen LogP contribution in [0, 0.1) is 0 Å². The SMILES string of the molecule is O=C(Nc1ccc2c(c1)OCO2)OCCCN1CCN(c2ccccc2Cl)CC1. The van der Waals surface area contributed by atoms with Crippen LogP contribution in [0.1, 0.15) is 6.42 Å². The monoisotopic (exact) mass is 417 g/mol. The zero-order chi connectivity index (χ0) is 20.1. The van der Waals surface area contributed by atoms with Gasteiger partial charge in [0.2, 0.25) is 6.79 Å². The molecule has 2 aromatic rings. The number of para-hydroxylation sites is 1. The van der Waals surface area contributed by atoms with Gasteiger partial charge in [-0.1, -0.05) is 23.7 Å². The molecular formula is C21H24ClN3O4. The van der Waals surface area contributed by atoms with Crippen molar-refractivity contribution < 1.29 is 19.0 Å². The molecule has 0 spiro atoms. The highest BCUT2D eigenvalue weighted by molar-refractivity contribution is 6.33. The average molecular weight is 418 g/mol. The van der Waals surface area contributed by atoms with Crippen molar-refractivity contribution >= 4 is 29.1 Å². The molecule has 2 aromatic carbocycles. The van der Waals surface area contributed by atoms with Crippen LogP contribution in [0.2, 0.25) is 5.02 Å². The lowest BCUT2D eigenvalue weighted by molar-refractivity contribution is 0.151. The minimum absolute atomic E-state index is 0.204. The van der Waals surface area contributed by atoms with Gasteiger partial charge in [0.05, 0.1) is 17.3 Å². The van der Waals surface area contributed by atoms with Gasteiger partial charge < -0.3 is 19.1 Å². The molecule has 154 valence electrons. The van der Waals surface area contributed by atoms with Gasteiger partial charge in [-0.05, 0) is 30.7 Å². The number of piperazine rings is 1. The number of halogens is 1. The third-order valence-corrected chi connectivity index (χ3v) is 5.36. The number of amides is 1. The van der Waals surface area contributed by atoms with E-state index >= 15 is 0 Å². The second-order valence-corrected chi connectivity index (χ2v) is 7.37. The van der Waals surface area contributed by atoms with E-state index < -0.39 is 6.09 Å². The topological polar surface area (TPSA) is 63.3 Å². The highest BCUT2D eigenvalue weighted by Crippen LogP contribution is 2.34. The number of ether oxygens (including phenoxy) is 3. The van der Waals surface area contributed by atoms with E-state index in [1.54, 1.807) is 18.2 Å². The first-order chi connectivity index (χ1) is 14.2. The summed E-state index contributed by atoms with van der Waals surface area (Å²) in [4.78, 5) is 16.7. The van der Waals surface area contributed by atoms with Crippen LogP contribution in [0.4, 0.5) is 16.2 Å². The number of nitrogens with one attached hydrogen (secondary N) is 1. The molecule has 0 unspecified atom stereocenters. The lowest BCUT2D eigenvalue weighted by Crippen LogP contribution is -2.46. The van der Waals surface area contributed by atoms with Crippen LogP contribution in [-0.4, -0.2) is 57.1 Å². The Balaban J connectivity index is 1.13. The summed E-state index contributed by atoms with van der Waals surface area (Å²) in [6.45, 7) is 5.29. The number of fused-ring (bicyclic) bond motifs is 1. The second kappa shape index (κ2) is 9.24. The number of anilines is 2. The van der Waals surface area contributed by atoms with Gasteiger partial charge >= 0.3 is 6.09 Å². The molecule has 4 rings (SSSR count). The minimum Gasteiger partial charge on any atom is -0.454 e. The molecule has 0 aliphatic carbocycles. The maximum atomic E-state index is 12.0. The van der Waals surface area contributed by atoms with Gasteiger partial charge in [-0.25, -0.2) is 4.79 Å². The van der Waals surface area contributed by atoms with Gasteiger partial charge in [0.25, 0.3) is 0 Å². The van der Waals surface area contributed by atoms with Crippen LogP contribution in [0.3, 0.4) is 0 Å². The van der Waals surface area contributed by atoms with E-state index in [1.807, 2.05) is 18.2 Å². The summed E-state index contributed by atoms with van der Waals surface area (Å²) < 4.78 is 15.8. The Morgan fingerprint density at radius 1 is 1.07 bits per heavy atom. The van der Waals surface area contributed by atoms with E-state index in [2.05, 4.69) is 21.2 Å². The van der Waals surface area contributed by atoms with Crippen LogP contribution in [0.5, 0.6) is 11.5 Å². The van der Waals surface area contributed by atoms with E-state index in [4.69, 9.17) is 25.8 Å². The van der Waals surface area contributed by atoms with E-state index in [-0.39, 0.29) is 6.79 Å². The van der Waals surface area contributed by atoms with Gasteiger partial charge in [0.15, 0.2) is 11.5 Å². The summed E-state index contributed by atoms with van der Waals surface area (Å²) in [7, 11) is 0. The number of hydrogen-bond acceptors (Lipinski definition) is 6. The molecule has 1 amide bonds. The summed E-state index contributed by atoms with van der Waals surface area (Å²) in [5, 5.41) is 3.50. The number of carbonyl (C=O) groups is 1. The standard InChI is InChI=1S/C21H24ClN3O4/c22-17-4-1-2-5-18(17)25-11-9-24(10-12-25)8-3-13-27-21(26)23-16-6-7-19-20(14-16)29-15-28-19/h1-2,4-7,14H,3,8-13,15H2,(H,23,26). The van der Waals surface area contributed by atoms with Crippen molar-refractivity contribution in [2.45, 2.75) is 6.42 Å². The van der Waals surface area contributed by atoms with Crippen LogP contribution >= 0.6 is 11.6 Å². The van der Waals surface area contributed by atoms with Crippen LogP contribution in [-0.2, 0) is 4.74 Å². The first-order valence-electron chi connectivity index (χ1n) is 9.74. The van der Waals surface area contributed by atoms with Crippen LogP contribution in [0.25, 0.3) is 0 Å². The molecule has 8 heteroatoms. The van der Waals surface area contributed by atoms with Crippen LogP contribution < -0.4 is 19.7 Å². The van der Waals surface area contributed by atoms with Gasteiger partial charge in [-0.2, -0.15) is 0 Å². The molecule has 0 atom stereocenters. The Kier molecular flexibility index (Phi) is 6.27. The quantitative estimate of drug-likeness (QED) is 0.721. The molecule has 0 saturated carbocycles. The van der Waals surface area contributed by atoms with Crippen molar-refractivity contribution in [1.82, 2.24) is 4.90 Å². The van der Waals surface area contributed by atoms with Gasteiger partial charge in [-0.15, -0.1) is 0 Å². The molecule has 2 heterocycles. The highest BCUT2D eigenvalue weighted by atomic mass is 35.5. The maximum Gasteiger partial charge on any atom is 0.411 e. The Morgan fingerprint density at radius 2 is 1.86 bits per heavy atom. The minimum atomic E-state index is -0.465. The zero-order valence-corrected chi connectivity index (χ0v) is 16.9. The van der Waals surface area contributed by atoms with E-state index in [9.17, 15) is 4.79 Å². The van der Waals surface area contributed by atoms with Crippen LogP contribution in [0.15, 0.2) is 42.5 Å². The number of rotatable bonds is 6. The maximum absolute atomic E-state index is 12.0. The Morgan fingerprint density at radius 3 is 2.69 bits per heavy atom. The third kappa shape index (κ3) is 5.05. The molecule has 7 nitrogen and oxygen atoms in total. The molecule has 0 radical (unpaired) electrons. The number of carbonyl (C=O) groups excluding carboxylic acids is 1. The Labute approximate surface area is 175 Å². The lowest BCUT2D eigenvalue weighted by atomic mass is 10.2. The number of nitrogens with zero attached hydrogens (tertiary/aromatic N) is 2. The summed E-state index contributed by atoms with van der Waals surface area (Å²) in [6.07, 6.45) is 0.327.